The van der Waals surface area contributed by atoms with E-state index in [9.17, 15) is 0 Å². The van der Waals surface area contributed by atoms with Crippen LogP contribution in [0.5, 0.6) is 0 Å². The van der Waals surface area contributed by atoms with Crippen molar-refractivity contribution in [3.05, 3.63) is 52.9 Å². The Bertz CT molecular complexity index is 781. The van der Waals surface area contributed by atoms with Crippen molar-refractivity contribution < 1.29 is 9.84 Å². The molecule has 0 fully saturated rings. The lowest BCUT2D eigenvalue weighted by Crippen LogP contribution is -2.22. The maximum atomic E-state index is 8.96. The summed E-state index contributed by atoms with van der Waals surface area (Å²) in [5.41, 5.74) is 10.5. The van der Waals surface area contributed by atoms with Crippen LogP contribution in [0.4, 0.5) is 5.69 Å². The Morgan fingerprint density at radius 2 is 2.07 bits per heavy atom. The number of ether oxygens (including phenoxy) is 1. The van der Waals surface area contributed by atoms with Crippen LogP contribution in [0.3, 0.4) is 0 Å². The fraction of sp³-hybridized carbons (Fsp3) is 0.455. The van der Waals surface area contributed by atoms with E-state index in [0.717, 1.165) is 36.1 Å². The number of nitrogens with zero attached hydrogens (tertiary/aromatic N) is 1. The predicted molar refractivity (Wildman–Crippen MR) is 115 cm³/mol. The minimum atomic E-state index is 0.116. The van der Waals surface area contributed by atoms with Crippen molar-refractivity contribution in [2.75, 3.05) is 19.8 Å². The summed E-state index contributed by atoms with van der Waals surface area (Å²) in [4.78, 5) is 4.70. The Kier molecular flexibility index (Phi) is 8.42. The minimum Gasteiger partial charge on any atom is -0.491 e. The molecule has 0 aromatic heterocycles. The monoisotopic (exact) mass is 384 g/mol. The van der Waals surface area contributed by atoms with E-state index < -0.39 is 0 Å². The van der Waals surface area contributed by atoms with Gasteiger partial charge in [-0.05, 0) is 43.5 Å². The van der Waals surface area contributed by atoms with Crippen LogP contribution in [-0.4, -0.2) is 36.3 Å². The molecule has 28 heavy (non-hydrogen) atoms. The maximum absolute atomic E-state index is 8.96. The molecule has 1 aliphatic carbocycles. The number of nitrogens with two attached hydrogens (primary N) is 1. The minimum absolute atomic E-state index is 0.116. The molecule has 1 aliphatic rings. The topological polar surface area (TPSA) is 104 Å². The van der Waals surface area contributed by atoms with Crippen molar-refractivity contribution in [3.63, 3.8) is 0 Å². The van der Waals surface area contributed by atoms with Crippen LogP contribution in [0.25, 0.3) is 0 Å². The second-order valence-electron chi connectivity index (χ2n) is 7.02. The molecule has 1 aromatic rings. The van der Waals surface area contributed by atoms with E-state index in [1.807, 2.05) is 19.1 Å². The van der Waals surface area contributed by atoms with Gasteiger partial charge >= 0.3 is 0 Å². The Morgan fingerprint density at radius 3 is 2.75 bits per heavy atom. The van der Waals surface area contributed by atoms with E-state index in [0.29, 0.717) is 30.3 Å². The van der Waals surface area contributed by atoms with E-state index in [-0.39, 0.29) is 18.4 Å². The molecule has 2 rings (SSSR count). The summed E-state index contributed by atoms with van der Waals surface area (Å²) in [6.07, 6.45) is 6.55. The van der Waals surface area contributed by atoms with Crippen LogP contribution in [0.15, 0.2) is 46.8 Å². The summed E-state index contributed by atoms with van der Waals surface area (Å²) in [5, 5.41) is 20.3. The van der Waals surface area contributed by atoms with E-state index in [2.05, 4.69) is 25.2 Å². The molecule has 1 aromatic carbocycles. The Morgan fingerprint density at radius 1 is 1.29 bits per heavy atom. The lowest BCUT2D eigenvalue weighted by Gasteiger charge is -2.17. The first-order chi connectivity index (χ1) is 13.5. The summed E-state index contributed by atoms with van der Waals surface area (Å²) in [5.74, 6) is 0.514. The molecule has 0 aliphatic heterocycles. The molecule has 0 amide bonds. The molecule has 0 bridgehead atoms. The van der Waals surface area contributed by atoms with E-state index in [1.165, 1.54) is 0 Å². The third-order valence-electron chi connectivity index (χ3n) is 4.66. The van der Waals surface area contributed by atoms with Crippen molar-refractivity contribution in [1.82, 2.24) is 5.32 Å². The van der Waals surface area contributed by atoms with Gasteiger partial charge in [-0.25, -0.2) is 4.99 Å². The number of benzene rings is 1. The van der Waals surface area contributed by atoms with Gasteiger partial charge in [-0.3, -0.25) is 5.41 Å². The summed E-state index contributed by atoms with van der Waals surface area (Å²) >= 11 is 0. The molecule has 6 heteroatoms. The average Bonchev–Trinajstić information content (AvgIpc) is 2.67. The van der Waals surface area contributed by atoms with E-state index >= 15 is 0 Å². The van der Waals surface area contributed by atoms with Crippen molar-refractivity contribution >= 4 is 17.1 Å². The molecule has 0 radical (unpaired) electrons. The van der Waals surface area contributed by atoms with Crippen molar-refractivity contribution in [2.45, 2.75) is 46.1 Å². The number of aliphatic imine (C=N–C) groups is 1. The zero-order valence-electron chi connectivity index (χ0n) is 17.1. The molecule has 6 nitrogen and oxygen atoms in total. The molecule has 5 N–H and O–H groups in total. The highest BCUT2D eigenvalue weighted by Crippen LogP contribution is 2.25. The molecule has 0 saturated carbocycles. The number of hydrogen-bond acceptors (Lipinski definition) is 6. The van der Waals surface area contributed by atoms with Crippen LogP contribution in [0, 0.1) is 12.3 Å². The largest absolute Gasteiger partial charge is 0.491 e. The van der Waals surface area contributed by atoms with Crippen LogP contribution in [0.1, 0.15) is 50.3 Å². The molecular weight excluding hydrogens is 352 g/mol. The van der Waals surface area contributed by atoms with Gasteiger partial charge in [0.2, 0.25) is 0 Å². The van der Waals surface area contributed by atoms with Gasteiger partial charge in [0.1, 0.15) is 5.76 Å². The fourth-order valence-electron chi connectivity index (χ4n) is 2.94. The first-order valence-corrected chi connectivity index (χ1v) is 9.90. The number of nitrogens with one attached hydrogen (secondary N) is 2. The maximum Gasteiger partial charge on any atom is 0.146 e. The predicted octanol–water partition coefficient (Wildman–Crippen LogP) is 3.68. The summed E-state index contributed by atoms with van der Waals surface area (Å²) < 4.78 is 5.76. The first-order valence-electron chi connectivity index (χ1n) is 9.90. The lowest BCUT2D eigenvalue weighted by atomic mass is 10.0. The quantitative estimate of drug-likeness (QED) is 0.365. The second kappa shape index (κ2) is 10.8. The standard InChI is InChI=1S/C22H32N4O2/c1-4-5-6-11-28-22-14-21(18(23)13-19(22)24)26-20-8-7-17(12-15(20)2)16(3)25-9-10-27/h7-8,12-14,16,24-25,27H,4-6,9-11,23H2,1-3H3. The number of rotatable bonds is 10. The Labute approximate surface area is 167 Å². The third-order valence-corrected chi connectivity index (χ3v) is 4.66. The molecule has 152 valence electrons. The highest BCUT2D eigenvalue weighted by atomic mass is 16.5. The summed E-state index contributed by atoms with van der Waals surface area (Å²) in [6, 6.07) is 6.23. The first kappa shape index (κ1) is 21.9. The van der Waals surface area contributed by atoms with Gasteiger partial charge < -0.3 is 20.9 Å². The van der Waals surface area contributed by atoms with Crippen LogP contribution in [0.2, 0.25) is 0 Å². The number of aliphatic hydroxyl groups is 1. The molecule has 0 saturated heterocycles. The van der Waals surface area contributed by atoms with Crippen molar-refractivity contribution in [3.8, 4) is 0 Å². The number of aliphatic hydroxyl groups excluding tert-OH is 1. The van der Waals surface area contributed by atoms with Gasteiger partial charge in [0.25, 0.3) is 0 Å². The Balaban J connectivity index is 2.18. The van der Waals surface area contributed by atoms with Gasteiger partial charge in [0.05, 0.1) is 36.0 Å². The van der Waals surface area contributed by atoms with Crippen LogP contribution >= 0.6 is 0 Å². The van der Waals surface area contributed by atoms with Crippen molar-refractivity contribution in [1.29, 1.82) is 5.41 Å². The highest BCUT2D eigenvalue weighted by Gasteiger charge is 2.16. The summed E-state index contributed by atoms with van der Waals surface area (Å²) in [7, 11) is 0. The Hall–Kier alpha value is -2.44. The van der Waals surface area contributed by atoms with E-state index in [4.69, 9.17) is 26.0 Å². The highest BCUT2D eigenvalue weighted by molar-refractivity contribution is 6.22. The van der Waals surface area contributed by atoms with Gasteiger partial charge in [-0.2, -0.15) is 0 Å². The normalized spacial score (nSPS) is 16.7. The fourth-order valence-corrected chi connectivity index (χ4v) is 2.94. The zero-order valence-corrected chi connectivity index (χ0v) is 17.1. The van der Waals surface area contributed by atoms with Crippen molar-refractivity contribution in [2.24, 2.45) is 10.7 Å². The lowest BCUT2D eigenvalue weighted by molar-refractivity contribution is 0.224. The van der Waals surface area contributed by atoms with Gasteiger partial charge in [0.15, 0.2) is 0 Å². The average molecular weight is 385 g/mol. The number of unbranched alkanes of at least 4 members (excludes halogenated alkanes) is 2. The molecular formula is C22H32N4O2. The number of hydrogen-bond donors (Lipinski definition) is 4. The molecule has 0 spiro atoms. The van der Waals surface area contributed by atoms with Gasteiger partial charge in [-0.15, -0.1) is 0 Å². The SMILES string of the molecule is CCCCCOC1=CC(=Nc2ccc(C(C)NCCO)cc2C)C(N)=CC1=N. The number of aryl methyl sites for hydroxylation is 1. The zero-order chi connectivity index (χ0) is 20.5. The van der Waals surface area contributed by atoms with Gasteiger partial charge in [0, 0.05) is 18.7 Å². The van der Waals surface area contributed by atoms with Crippen LogP contribution < -0.4 is 11.1 Å². The number of allylic oxidation sites excluding steroid dienone is 2. The third kappa shape index (κ3) is 6.04. The second-order valence-corrected chi connectivity index (χ2v) is 7.02. The van der Waals surface area contributed by atoms with Crippen LogP contribution in [-0.2, 0) is 4.74 Å². The molecule has 1 atom stereocenters. The smallest absolute Gasteiger partial charge is 0.146 e. The van der Waals surface area contributed by atoms with Gasteiger partial charge in [-0.1, -0.05) is 31.9 Å². The summed E-state index contributed by atoms with van der Waals surface area (Å²) in [6.45, 7) is 7.49. The molecule has 0 heterocycles. The molecule has 1 unspecified atom stereocenters. The van der Waals surface area contributed by atoms with E-state index in [1.54, 1.807) is 12.2 Å².